The van der Waals surface area contributed by atoms with Crippen LogP contribution in [0.2, 0.25) is 0 Å². The van der Waals surface area contributed by atoms with Gasteiger partial charge < -0.3 is 9.73 Å². The molecular formula is C22H20N4O2S. The lowest BCUT2D eigenvalue weighted by atomic mass is 10.2. The van der Waals surface area contributed by atoms with E-state index in [2.05, 4.69) is 47.4 Å². The minimum Gasteiger partial charge on any atom is -0.467 e. The molecule has 0 fully saturated rings. The van der Waals surface area contributed by atoms with Crippen molar-refractivity contribution < 1.29 is 9.21 Å². The monoisotopic (exact) mass is 404 g/mol. The number of aromatic nitrogens is 3. The second-order valence-electron chi connectivity index (χ2n) is 6.63. The van der Waals surface area contributed by atoms with Gasteiger partial charge in [-0.2, -0.15) is 5.10 Å². The molecule has 0 bridgehead atoms. The summed E-state index contributed by atoms with van der Waals surface area (Å²) in [5, 5.41) is 7.87. The molecule has 0 radical (unpaired) electrons. The number of pyridine rings is 1. The summed E-state index contributed by atoms with van der Waals surface area (Å²) in [7, 11) is 0. The molecule has 0 aliphatic heterocycles. The summed E-state index contributed by atoms with van der Waals surface area (Å²) in [5.74, 6) is 1.13. The summed E-state index contributed by atoms with van der Waals surface area (Å²) >= 11 is 1.49. The van der Waals surface area contributed by atoms with Crippen LogP contribution in [0.4, 0.5) is 5.82 Å². The van der Waals surface area contributed by atoms with Crippen LogP contribution in [0, 0.1) is 13.8 Å². The van der Waals surface area contributed by atoms with Crippen molar-refractivity contribution in [2.75, 3.05) is 5.32 Å². The number of benzene rings is 1. The Morgan fingerprint density at radius 1 is 1.14 bits per heavy atom. The van der Waals surface area contributed by atoms with Crippen LogP contribution in [0.15, 0.2) is 81.5 Å². The number of anilines is 1. The molecule has 0 spiro atoms. The van der Waals surface area contributed by atoms with Crippen molar-refractivity contribution in [2.45, 2.75) is 30.3 Å². The lowest BCUT2D eigenvalue weighted by Gasteiger charge is -2.11. The molecule has 0 saturated carbocycles. The van der Waals surface area contributed by atoms with Crippen molar-refractivity contribution in [2.24, 2.45) is 0 Å². The van der Waals surface area contributed by atoms with Gasteiger partial charge in [0, 0.05) is 17.2 Å². The van der Waals surface area contributed by atoms with Gasteiger partial charge in [0.1, 0.15) is 23.1 Å². The van der Waals surface area contributed by atoms with E-state index < -0.39 is 0 Å². The van der Waals surface area contributed by atoms with Gasteiger partial charge >= 0.3 is 0 Å². The normalized spacial score (nSPS) is 10.8. The van der Waals surface area contributed by atoms with Gasteiger partial charge in [0.2, 0.25) is 0 Å². The number of nitrogens with one attached hydrogen (secondary N) is 1. The molecule has 0 saturated heterocycles. The molecule has 6 nitrogen and oxygen atoms in total. The molecule has 0 aliphatic carbocycles. The molecule has 3 heterocycles. The molecule has 3 aromatic heterocycles. The van der Waals surface area contributed by atoms with Crippen molar-refractivity contribution >= 4 is 23.5 Å². The number of hydrogen-bond donors (Lipinski definition) is 1. The maximum Gasteiger partial charge on any atom is 0.259 e. The number of hydrogen-bond acceptors (Lipinski definition) is 5. The van der Waals surface area contributed by atoms with Gasteiger partial charge in [-0.3, -0.25) is 4.79 Å². The molecule has 0 aliphatic rings. The fourth-order valence-electron chi connectivity index (χ4n) is 2.96. The van der Waals surface area contributed by atoms with Crippen LogP contribution >= 0.6 is 11.8 Å². The van der Waals surface area contributed by atoms with Gasteiger partial charge in [-0.05, 0) is 49.7 Å². The fraction of sp³-hybridized carbons (Fsp3) is 0.136. The summed E-state index contributed by atoms with van der Waals surface area (Å²) < 4.78 is 7.05. The third-order valence-electron chi connectivity index (χ3n) is 4.40. The summed E-state index contributed by atoms with van der Waals surface area (Å²) in [6, 6.07) is 15.2. The Hall–Kier alpha value is -3.32. The van der Waals surface area contributed by atoms with E-state index in [9.17, 15) is 4.79 Å². The van der Waals surface area contributed by atoms with Gasteiger partial charge in [-0.1, -0.05) is 29.5 Å². The van der Waals surface area contributed by atoms with Crippen LogP contribution in [-0.2, 0) is 6.54 Å². The zero-order valence-corrected chi connectivity index (χ0v) is 16.9. The van der Waals surface area contributed by atoms with Crippen molar-refractivity contribution in [3.05, 3.63) is 89.6 Å². The Bertz CT molecular complexity index is 1140. The topological polar surface area (TPSA) is 73.0 Å². The van der Waals surface area contributed by atoms with E-state index >= 15 is 0 Å². The second kappa shape index (κ2) is 8.36. The van der Waals surface area contributed by atoms with Gasteiger partial charge in [-0.15, -0.1) is 0 Å². The van der Waals surface area contributed by atoms with E-state index in [0.29, 0.717) is 23.0 Å². The largest absolute Gasteiger partial charge is 0.467 e. The molecule has 0 atom stereocenters. The quantitative estimate of drug-likeness (QED) is 0.493. The van der Waals surface area contributed by atoms with E-state index in [4.69, 9.17) is 4.42 Å². The molecular weight excluding hydrogens is 384 g/mol. The molecule has 1 amide bonds. The van der Waals surface area contributed by atoms with Gasteiger partial charge in [-0.25, -0.2) is 9.67 Å². The number of nitrogens with zero attached hydrogens (tertiary/aromatic N) is 3. The highest BCUT2D eigenvalue weighted by Crippen LogP contribution is 2.31. The first-order chi connectivity index (χ1) is 14.1. The number of carbonyl (C=O) groups is 1. The van der Waals surface area contributed by atoms with E-state index in [1.54, 1.807) is 41.5 Å². The molecule has 1 N–H and O–H groups in total. The lowest BCUT2D eigenvalue weighted by Crippen LogP contribution is -2.17. The Balaban J connectivity index is 1.55. The van der Waals surface area contributed by atoms with Crippen LogP contribution in [0.25, 0.3) is 0 Å². The second-order valence-corrected chi connectivity index (χ2v) is 7.67. The van der Waals surface area contributed by atoms with Gasteiger partial charge in [0.25, 0.3) is 5.91 Å². The lowest BCUT2D eigenvalue weighted by molar-refractivity contribution is 0.102. The maximum atomic E-state index is 13.0. The predicted octanol–water partition coefficient (Wildman–Crippen LogP) is 4.94. The predicted molar refractivity (Wildman–Crippen MR) is 112 cm³/mol. The molecule has 0 unspecified atom stereocenters. The average molecular weight is 404 g/mol. The molecule has 4 rings (SSSR count). The SMILES string of the molecule is Cc1ccc(Sc2ncccc2C(=O)Nc2ccnn2Cc2ccco2)c(C)c1. The number of aryl methyl sites for hydroxylation is 2. The Morgan fingerprint density at radius 2 is 2.03 bits per heavy atom. The number of carbonyl (C=O) groups excluding carboxylic acids is 1. The molecule has 29 heavy (non-hydrogen) atoms. The number of furan rings is 1. The first-order valence-electron chi connectivity index (χ1n) is 9.16. The van der Waals surface area contributed by atoms with Crippen LogP contribution < -0.4 is 5.32 Å². The van der Waals surface area contributed by atoms with E-state index in [0.717, 1.165) is 16.2 Å². The van der Waals surface area contributed by atoms with E-state index in [-0.39, 0.29) is 5.91 Å². The minimum absolute atomic E-state index is 0.230. The molecule has 7 heteroatoms. The Kier molecular flexibility index (Phi) is 5.48. The average Bonchev–Trinajstić information content (AvgIpc) is 3.37. The van der Waals surface area contributed by atoms with Crippen LogP contribution in [0.1, 0.15) is 27.2 Å². The molecule has 1 aromatic carbocycles. The fourth-order valence-corrected chi connectivity index (χ4v) is 3.91. The van der Waals surface area contributed by atoms with Crippen molar-refractivity contribution in [1.29, 1.82) is 0 Å². The Morgan fingerprint density at radius 3 is 2.83 bits per heavy atom. The summed E-state index contributed by atoms with van der Waals surface area (Å²) in [6.45, 7) is 4.56. The van der Waals surface area contributed by atoms with Crippen molar-refractivity contribution in [1.82, 2.24) is 14.8 Å². The van der Waals surface area contributed by atoms with Crippen LogP contribution in [-0.4, -0.2) is 20.7 Å². The number of rotatable bonds is 6. The highest BCUT2D eigenvalue weighted by Gasteiger charge is 2.16. The van der Waals surface area contributed by atoms with Crippen molar-refractivity contribution in [3.8, 4) is 0 Å². The smallest absolute Gasteiger partial charge is 0.259 e. The highest BCUT2D eigenvalue weighted by atomic mass is 32.2. The zero-order chi connectivity index (χ0) is 20.2. The van der Waals surface area contributed by atoms with Crippen LogP contribution in [0.3, 0.4) is 0 Å². The summed E-state index contributed by atoms with van der Waals surface area (Å²) in [4.78, 5) is 18.5. The first-order valence-corrected chi connectivity index (χ1v) is 9.97. The maximum absolute atomic E-state index is 13.0. The summed E-state index contributed by atoms with van der Waals surface area (Å²) in [6.07, 6.45) is 4.96. The first kappa shape index (κ1) is 19.0. The Labute approximate surface area is 173 Å². The number of amides is 1. The third-order valence-corrected chi connectivity index (χ3v) is 5.59. The molecule has 4 aromatic rings. The van der Waals surface area contributed by atoms with E-state index in [1.807, 2.05) is 12.1 Å². The van der Waals surface area contributed by atoms with Crippen molar-refractivity contribution in [3.63, 3.8) is 0 Å². The zero-order valence-electron chi connectivity index (χ0n) is 16.1. The van der Waals surface area contributed by atoms with Crippen LogP contribution in [0.5, 0.6) is 0 Å². The summed E-state index contributed by atoms with van der Waals surface area (Å²) in [5.41, 5.74) is 2.88. The van der Waals surface area contributed by atoms with Gasteiger partial charge in [0.05, 0.1) is 18.0 Å². The highest BCUT2D eigenvalue weighted by molar-refractivity contribution is 7.99. The third kappa shape index (κ3) is 4.41. The van der Waals surface area contributed by atoms with Gasteiger partial charge in [0.15, 0.2) is 0 Å². The minimum atomic E-state index is -0.230. The van der Waals surface area contributed by atoms with E-state index in [1.165, 1.54) is 17.3 Å². The standard InChI is InChI=1S/C22H20N4O2S/c1-15-7-8-19(16(2)13-15)29-22-18(6-3-10-23-22)21(27)25-20-9-11-24-26(20)14-17-5-4-12-28-17/h3-13H,14H2,1-2H3,(H,25,27). The molecule has 146 valence electrons.